The minimum atomic E-state index is -0.294. The summed E-state index contributed by atoms with van der Waals surface area (Å²) in [6, 6.07) is 14.3. The standard InChI is InChI=1S/C16H13NO3/c18-9-11-5-7-12(8-6-11)17-16(19)14-10-20-15-4-2-1-3-13(14)15/h1-9,14H,10H2,(H,17,19). The molecule has 1 amide bonds. The molecule has 2 aromatic carbocycles. The summed E-state index contributed by atoms with van der Waals surface area (Å²) >= 11 is 0. The molecule has 3 rings (SSSR count). The van der Waals surface area contributed by atoms with Gasteiger partial charge in [0.15, 0.2) is 0 Å². The second kappa shape index (κ2) is 5.17. The zero-order valence-electron chi connectivity index (χ0n) is 10.7. The molecule has 0 radical (unpaired) electrons. The molecule has 20 heavy (non-hydrogen) atoms. The van der Waals surface area contributed by atoms with Gasteiger partial charge in [0.25, 0.3) is 0 Å². The van der Waals surface area contributed by atoms with Gasteiger partial charge in [0.2, 0.25) is 5.91 Å². The Balaban J connectivity index is 1.75. The lowest BCUT2D eigenvalue weighted by atomic mass is 10.0. The van der Waals surface area contributed by atoms with Crippen LogP contribution in [0.3, 0.4) is 0 Å². The van der Waals surface area contributed by atoms with Crippen molar-refractivity contribution in [3.05, 3.63) is 59.7 Å². The summed E-state index contributed by atoms with van der Waals surface area (Å²) in [5, 5.41) is 2.84. The molecule has 1 N–H and O–H groups in total. The highest BCUT2D eigenvalue weighted by atomic mass is 16.5. The van der Waals surface area contributed by atoms with Gasteiger partial charge in [0, 0.05) is 16.8 Å². The Hall–Kier alpha value is -2.62. The van der Waals surface area contributed by atoms with Crippen molar-refractivity contribution in [1.29, 1.82) is 0 Å². The first-order valence-corrected chi connectivity index (χ1v) is 6.36. The molecule has 4 nitrogen and oxygen atoms in total. The van der Waals surface area contributed by atoms with Crippen LogP contribution in [-0.2, 0) is 4.79 Å². The molecule has 0 saturated heterocycles. The Morgan fingerprint density at radius 2 is 1.90 bits per heavy atom. The number of carbonyl (C=O) groups is 2. The van der Waals surface area contributed by atoms with Crippen molar-refractivity contribution >= 4 is 17.9 Å². The lowest BCUT2D eigenvalue weighted by molar-refractivity contribution is -0.117. The molecule has 1 aliphatic rings. The number of fused-ring (bicyclic) bond motifs is 1. The minimum absolute atomic E-state index is 0.103. The van der Waals surface area contributed by atoms with Gasteiger partial charge in [-0.15, -0.1) is 0 Å². The van der Waals surface area contributed by atoms with Crippen molar-refractivity contribution in [2.24, 2.45) is 0 Å². The van der Waals surface area contributed by atoms with Gasteiger partial charge < -0.3 is 10.1 Å². The van der Waals surface area contributed by atoms with Crippen molar-refractivity contribution in [2.45, 2.75) is 5.92 Å². The van der Waals surface area contributed by atoms with Crippen LogP contribution >= 0.6 is 0 Å². The Morgan fingerprint density at radius 3 is 2.65 bits per heavy atom. The summed E-state index contributed by atoms with van der Waals surface area (Å²) < 4.78 is 5.50. The fourth-order valence-electron chi connectivity index (χ4n) is 2.25. The lowest BCUT2D eigenvalue weighted by Gasteiger charge is -2.10. The maximum absolute atomic E-state index is 12.3. The maximum Gasteiger partial charge on any atom is 0.235 e. The van der Waals surface area contributed by atoms with E-state index in [4.69, 9.17) is 4.74 Å². The molecular weight excluding hydrogens is 254 g/mol. The van der Waals surface area contributed by atoms with Gasteiger partial charge >= 0.3 is 0 Å². The summed E-state index contributed by atoms with van der Waals surface area (Å²) in [5.74, 6) is 0.370. The fraction of sp³-hybridized carbons (Fsp3) is 0.125. The number of hydrogen-bond acceptors (Lipinski definition) is 3. The number of ether oxygens (including phenoxy) is 1. The number of carbonyl (C=O) groups excluding carboxylic acids is 2. The summed E-state index contributed by atoms with van der Waals surface area (Å²) in [6.07, 6.45) is 0.770. The second-order valence-corrected chi connectivity index (χ2v) is 4.63. The van der Waals surface area contributed by atoms with Crippen LogP contribution in [0.1, 0.15) is 21.8 Å². The van der Waals surface area contributed by atoms with Crippen LogP contribution in [0.2, 0.25) is 0 Å². The molecule has 1 unspecified atom stereocenters. The van der Waals surface area contributed by atoms with Crippen LogP contribution in [-0.4, -0.2) is 18.8 Å². The van der Waals surface area contributed by atoms with E-state index < -0.39 is 0 Å². The van der Waals surface area contributed by atoms with Gasteiger partial charge in [0.1, 0.15) is 24.6 Å². The maximum atomic E-state index is 12.3. The predicted octanol–water partition coefficient (Wildman–Crippen LogP) is 2.61. The van der Waals surface area contributed by atoms with E-state index in [9.17, 15) is 9.59 Å². The molecule has 0 aromatic heterocycles. The summed E-state index contributed by atoms with van der Waals surface area (Å²) in [7, 11) is 0. The van der Waals surface area contributed by atoms with Crippen molar-refractivity contribution in [3.8, 4) is 5.75 Å². The molecule has 0 fully saturated rings. The van der Waals surface area contributed by atoms with Gasteiger partial charge in [-0.25, -0.2) is 0 Å². The molecule has 0 saturated carbocycles. The second-order valence-electron chi connectivity index (χ2n) is 4.63. The van der Waals surface area contributed by atoms with Crippen LogP contribution < -0.4 is 10.1 Å². The summed E-state index contributed by atoms with van der Waals surface area (Å²) in [5.41, 5.74) is 2.16. The van der Waals surface area contributed by atoms with Gasteiger partial charge in [0.05, 0.1) is 0 Å². The Bertz CT molecular complexity index is 649. The Morgan fingerprint density at radius 1 is 1.15 bits per heavy atom. The number of rotatable bonds is 3. The van der Waals surface area contributed by atoms with Crippen molar-refractivity contribution < 1.29 is 14.3 Å². The zero-order valence-corrected chi connectivity index (χ0v) is 10.7. The van der Waals surface area contributed by atoms with Crippen LogP contribution in [0.15, 0.2) is 48.5 Å². The SMILES string of the molecule is O=Cc1ccc(NC(=O)C2COc3ccccc32)cc1. The smallest absolute Gasteiger partial charge is 0.235 e. The highest BCUT2D eigenvalue weighted by Crippen LogP contribution is 2.34. The van der Waals surface area contributed by atoms with E-state index in [1.165, 1.54) is 0 Å². The lowest BCUT2D eigenvalue weighted by Crippen LogP contribution is -2.22. The van der Waals surface area contributed by atoms with E-state index in [-0.39, 0.29) is 11.8 Å². The van der Waals surface area contributed by atoms with E-state index in [1.54, 1.807) is 24.3 Å². The first kappa shape index (κ1) is 12.4. The van der Waals surface area contributed by atoms with E-state index in [0.717, 1.165) is 17.6 Å². The largest absolute Gasteiger partial charge is 0.492 e. The topological polar surface area (TPSA) is 55.4 Å². The minimum Gasteiger partial charge on any atom is -0.492 e. The van der Waals surface area contributed by atoms with Gasteiger partial charge in [-0.05, 0) is 30.3 Å². The number of hydrogen-bond donors (Lipinski definition) is 1. The first-order valence-electron chi connectivity index (χ1n) is 6.36. The molecule has 1 heterocycles. The van der Waals surface area contributed by atoms with E-state index in [0.29, 0.717) is 17.9 Å². The monoisotopic (exact) mass is 267 g/mol. The fourth-order valence-corrected chi connectivity index (χ4v) is 2.25. The number of aldehydes is 1. The Labute approximate surface area is 116 Å². The normalized spacial score (nSPS) is 16.1. The summed E-state index contributed by atoms with van der Waals surface area (Å²) in [4.78, 5) is 22.9. The molecule has 1 aliphatic heterocycles. The van der Waals surface area contributed by atoms with Crippen LogP contribution in [0.25, 0.3) is 0 Å². The number of para-hydroxylation sites is 1. The highest BCUT2D eigenvalue weighted by Gasteiger charge is 2.29. The molecule has 1 atom stereocenters. The van der Waals surface area contributed by atoms with Crippen LogP contribution in [0.4, 0.5) is 5.69 Å². The third-order valence-corrected chi connectivity index (χ3v) is 3.33. The van der Waals surface area contributed by atoms with Crippen molar-refractivity contribution in [2.75, 3.05) is 11.9 Å². The van der Waals surface area contributed by atoms with Gasteiger partial charge in [-0.3, -0.25) is 9.59 Å². The third kappa shape index (κ3) is 2.28. The zero-order chi connectivity index (χ0) is 13.9. The molecule has 4 heteroatoms. The average Bonchev–Trinajstić information content (AvgIpc) is 2.92. The Kier molecular flexibility index (Phi) is 3.21. The molecule has 0 bridgehead atoms. The number of nitrogens with one attached hydrogen (secondary N) is 1. The third-order valence-electron chi connectivity index (χ3n) is 3.33. The molecular formula is C16H13NO3. The van der Waals surface area contributed by atoms with E-state index >= 15 is 0 Å². The average molecular weight is 267 g/mol. The quantitative estimate of drug-likeness (QED) is 0.870. The van der Waals surface area contributed by atoms with Gasteiger partial charge in [-0.1, -0.05) is 18.2 Å². The first-order chi connectivity index (χ1) is 9.78. The van der Waals surface area contributed by atoms with Crippen LogP contribution in [0, 0.1) is 0 Å². The number of amides is 1. The van der Waals surface area contributed by atoms with Gasteiger partial charge in [-0.2, -0.15) is 0 Å². The van der Waals surface area contributed by atoms with E-state index in [2.05, 4.69) is 5.32 Å². The highest BCUT2D eigenvalue weighted by molar-refractivity contribution is 5.97. The van der Waals surface area contributed by atoms with E-state index in [1.807, 2.05) is 24.3 Å². The predicted molar refractivity (Wildman–Crippen MR) is 75.1 cm³/mol. The van der Waals surface area contributed by atoms with Crippen molar-refractivity contribution in [1.82, 2.24) is 0 Å². The number of anilines is 1. The molecule has 2 aromatic rings. The molecule has 0 spiro atoms. The van der Waals surface area contributed by atoms with Crippen molar-refractivity contribution in [3.63, 3.8) is 0 Å². The van der Waals surface area contributed by atoms with Crippen LogP contribution in [0.5, 0.6) is 5.75 Å². The molecule has 0 aliphatic carbocycles. The number of benzene rings is 2. The summed E-state index contributed by atoms with van der Waals surface area (Å²) in [6.45, 7) is 0.359. The molecule has 100 valence electrons.